The van der Waals surface area contributed by atoms with Gasteiger partial charge in [0.25, 0.3) is 0 Å². The van der Waals surface area contributed by atoms with E-state index in [2.05, 4.69) is 4.37 Å². The molecule has 0 aliphatic rings. The average Bonchev–Trinajstić information content (AvgIpc) is 2.60. The Balaban J connectivity index is 2.50. The smallest absolute Gasteiger partial charge is 0.404 e. The number of rotatable bonds is 3. The fraction of sp³-hybridized carbons (Fsp3) is 0.250. The highest BCUT2D eigenvalue weighted by Crippen LogP contribution is 2.41. The highest BCUT2D eigenvalue weighted by molar-refractivity contribution is 7.46. The number of phosphoric ester groups is 1. The molecule has 0 fully saturated rings. The van der Waals surface area contributed by atoms with E-state index in [0.717, 1.165) is 21.7 Å². The van der Waals surface area contributed by atoms with Crippen LogP contribution in [0.5, 0.6) is 5.75 Å². The van der Waals surface area contributed by atoms with Gasteiger partial charge in [0.15, 0.2) is 0 Å². The molecular formula is C12H14NO4PS. The molecule has 0 spiro atoms. The van der Waals surface area contributed by atoms with Crippen molar-refractivity contribution in [3.05, 3.63) is 34.3 Å². The third-order valence-electron chi connectivity index (χ3n) is 2.73. The van der Waals surface area contributed by atoms with Gasteiger partial charge in [0.2, 0.25) is 0 Å². The van der Waals surface area contributed by atoms with Crippen molar-refractivity contribution in [2.24, 2.45) is 0 Å². The van der Waals surface area contributed by atoms with E-state index in [9.17, 15) is 4.57 Å². The first-order chi connectivity index (χ1) is 8.78. The van der Waals surface area contributed by atoms with E-state index < -0.39 is 7.82 Å². The lowest BCUT2D eigenvalue weighted by Gasteiger charge is -2.11. The lowest BCUT2D eigenvalue weighted by atomic mass is 10.0. The maximum absolute atomic E-state index is 10.9. The molecule has 2 N–H and O–H groups in total. The van der Waals surface area contributed by atoms with Crippen molar-refractivity contribution in [3.63, 3.8) is 0 Å². The van der Waals surface area contributed by atoms with Crippen LogP contribution in [0.4, 0.5) is 0 Å². The van der Waals surface area contributed by atoms with E-state index in [-0.39, 0.29) is 5.75 Å². The Morgan fingerprint density at radius 2 is 1.95 bits per heavy atom. The molecule has 0 unspecified atom stereocenters. The predicted molar refractivity (Wildman–Crippen MR) is 74.4 cm³/mol. The maximum atomic E-state index is 10.9. The summed E-state index contributed by atoms with van der Waals surface area (Å²) in [5.41, 5.74) is 3.40. The third kappa shape index (κ3) is 3.22. The molecule has 0 saturated heterocycles. The molecule has 102 valence electrons. The third-order valence-corrected chi connectivity index (χ3v) is 4.01. The van der Waals surface area contributed by atoms with Gasteiger partial charge in [-0.15, -0.1) is 0 Å². The molecule has 0 atom stereocenters. The van der Waals surface area contributed by atoms with Gasteiger partial charge in [-0.05, 0) is 49.5 Å². The van der Waals surface area contributed by atoms with Crippen LogP contribution < -0.4 is 4.52 Å². The Morgan fingerprint density at radius 3 is 2.47 bits per heavy atom. The molecule has 0 radical (unpaired) electrons. The van der Waals surface area contributed by atoms with Crippen molar-refractivity contribution < 1.29 is 18.9 Å². The van der Waals surface area contributed by atoms with Crippen LogP contribution in [-0.2, 0) is 4.57 Å². The van der Waals surface area contributed by atoms with Gasteiger partial charge in [0.05, 0.1) is 5.69 Å². The second-order valence-electron chi connectivity index (χ2n) is 4.26. The van der Waals surface area contributed by atoms with Crippen LogP contribution in [0.25, 0.3) is 11.1 Å². The molecule has 19 heavy (non-hydrogen) atoms. The fourth-order valence-electron chi connectivity index (χ4n) is 1.88. The molecule has 1 aromatic heterocycles. The minimum atomic E-state index is -4.55. The highest BCUT2D eigenvalue weighted by Gasteiger charge is 2.19. The zero-order valence-electron chi connectivity index (χ0n) is 10.7. The van der Waals surface area contributed by atoms with Crippen LogP contribution in [0.15, 0.2) is 18.2 Å². The summed E-state index contributed by atoms with van der Waals surface area (Å²) in [7, 11) is -4.55. The molecule has 0 aliphatic heterocycles. The summed E-state index contributed by atoms with van der Waals surface area (Å²) < 4.78 is 19.9. The van der Waals surface area contributed by atoms with E-state index in [1.807, 2.05) is 19.9 Å². The van der Waals surface area contributed by atoms with Crippen LogP contribution in [-0.4, -0.2) is 14.2 Å². The van der Waals surface area contributed by atoms with Crippen molar-refractivity contribution in [2.45, 2.75) is 20.8 Å². The number of hydrogen-bond donors (Lipinski definition) is 2. The maximum Gasteiger partial charge on any atom is 0.524 e. The van der Waals surface area contributed by atoms with Crippen LogP contribution >= 0.6 is 19.4 Å². The summed E-state index contributed by atoms with van der Waals surface area (Å²) >= 11 is 1.40. The molecule has 5 nitrogen and oxygen atoms in total. The van der Waals surface area contributed by atoms with Crippen molar-refractivity contribution in [1.29, 1.82) is 0 Å². The topological polar surface area (TPSA) is 79.7 Å². The first-order valence-electron chi connectivity index (χ1n) is 5.57. The van der Waals surface area contributed by atoms with E-state index in [1.54, 1.807) is 19.1 Å². The Hall–Kier alpha value is -1.20. The lowest BCUT2D eigenvalue weighted by Crippen LogP contribution is -1.93. The van der Waals surface area contributed by atoms with Crippen molar-refractivity contribution in [1.82, 2.24) is 4.37 Å². The van der Waals surface area contributed by atoms with Gasteiger partial charge in [-0.1, -0.05) is 12.1 Å². The summed E-state index contributed by atoms with van der Waals surface area (Å²) in [6.45, 7) is 5.60. The quantitative estimate of drug-likeness (QED) is 0.851. The largest absolute Gasteiger partial charge is 0.524 e. The molecule has 0 amide bonds. The predicted octanol–water partition coefficient (Wildman–Crippen LogP) is 3.21. The number of aromatic nitrogens is 1. The minimum Gasteiger partial charge on any atom is -0.404 e. The zero-order valence-corrected chi connectivity index (χ0v) is 12.5. The van der Waals surface area contributed by atoms with Gasteiger partial charge in [-0.2, -0.15) is 4.37 Å². The number of hydrogen-bond acceptors (Lipinski definition) is 4. The van der Waals surface area contributed by atoms with Crippen molar-refractivity contribution in [2.75, 3.05) is 0 Å². The van der Waals surface area contributed by atoms with Gasteiger partial charge in [0.1, 0.15) is 5.75 Å². The molecule has 2 aromatic rings. The van der Waals surface area contributed by atoms with Crippen LogP contribution in [0.1, 0.15) is 16.1 Å². The normalized spacial score (nSPS) is 11.6. The van der Waals surface area contributed by atoms with Crippen molar-refractivity contribution in [3.8, 4) is 16.9 Å². The monoisotopic (exact) mass is 299 g/mol. The summed E-state index contributed by atoms with van der Waals surface area (Å²) in [6.07, 6.45) is 0. The van der Waals surface area contributed by atoms with Gasteiger partial charge in [0, 0.05) is 10.4 Å². The fourth-order valence-corrected chi connectivity index (χ4v) is 3.05. The Kier molecular flexibility index (Phi) is 3.78. The van der Waals surface area contributed by atoms with Gasteiger partial charge in [-0.3, -0.25) is 9.79 Å². The number of benzene rings is 1. The zero-order chi connectivity index (χ0) is 14.2. The summed E-state index contributed by atoms with van der Waals surface area (Å²) in [6, 6.07) is 5.31. The SMILES string of the molecule is Cc1ccc(-c2c(C)nsc2C)cc1OP(=O)(O)O. The lowest BCUT2D eigenvalue weighted by molar-refractivity contribution is 0.282. The molecule has 2 rings (SSSR count). The Bertz CT molecular complexity index is 642. The van der Waals surface area contributed by atoms with Crippen LogP contribution in [0.3, 0.4) is 0 Å². The van der Waals surface area contributed by atoms with Crippen LogP contribution in [0, 0.1) is 20.8 Å². The molecular weight excluding hydrogens is 285 g/mol. The van der Waals surface area contributed by atoms with E-state index >= 15 is 0 Å². The van der Waals surface area contributed by atoms with Gasteiger partial charge in [-0.25, -0.2) is 4.57 Å². The number of aryl methyl sites for hydroxylation is 3. The van der Waals surface area contributed by atoms with E-state index in [0.29, 0.717) is 5.56 Å². The number of nitrogens with zero attached hydrogens (tertiary/aromatic N) is 1. The Morgan fingerprint density at radius 1 is 1.26 bits per heavy atom. The molecule has 0 bridgehead atoms. The van der Waals surface area contributed by atoms with E-state index in [4.69, 9.17) is 14.3 Å². The molecule has 1 aromatic carbocycles. The van der Waals surface area contributed by atoms with Crippen LogP contribution in [0.2, 0.25) is 0 Å². The molecule has 0 aliphatic carbocycles. The van der Waals surface area contributed by atoms with E-state index in [1.165, 1.54) is 11.5 Å². The van der Waals surface area contributed by atoms with Gasteiger partial charge >= 0.3 is 7.82 Å². The molecule has 1 heterocycles. The second kappa shape index (κ2) is 5.06. The first-order valence-corrected chi connectivity index (χ1v) is 7.87. The van der Waals surface area contributed by atoms with Crippen molar-refractivity contribution >= 4 is 19.4 Å². The Labute approximate surface area is 115 Å². The minimum absolute atomic E-state index is 0.191. The highest BCUT2D eigenvalue weighted by atomic mass is 32.1. The molecule has 7 heteroatoms. The summed E-state index contributed by atoms with van der Waals surface area (Å²) in [4.78, 5) is 18.9. The molecule has 0 saturated carbocycles. The summed E-state index contributed by atoms with van der Waals surface area (Å²) in [5.74, 6) is 0.191. The number of phosphoric acid groups is 1. The second-order valence-corrected chi connectivity index (χ2v) is 6.40. The first kappa shape index (κ1) is 14.2. The summed E-state index contributed by atoms with van der Waals surface area (Å²) in [5, 5.41) is 0. The standard InChI is InChI=1S/C12H14NO4PS/c1-7-4-5-10(6-11(7)17-18(14,15)16)12-8(2)13-19-9(12)3/h4-6H,1-3H3,(H2,14,15,16). The van der Waals surface area contributed by atoms with Gasteiger partial charge < -0.3 is 4.52 Å². The average molecular weight is 299 g/mol.